The number of carbonyl (C=O) groups excluding carboxylic acids is 2. The van der Waals surface area contributed by atoms with Crippen LogP contribution in [0.25, 0.3) is 5.69 Å². The fraction of sp³-hybridized carbons (Fsp3) is 0.594. The molecule has 0 fully saturated rings. The van der Waals surface area contributed by atoms with Crippen molar-refractivity contribution in [2.24, 2.45) is 11.1 Å². The Morgan fingerprint density at radius 2 is 1.88 bits per heavy atom. The molecule has 16 heteroatoms. The fourth-order valence-electron chi connectivity index (χ4n) is 5.15. The number of hydrogen-bond acceptors (Lipinski definition) is 9. The van der Waals surface area contributed by atoms with Crippen molar-refractivity contribution in [3.63, 3.8) is 0 Å². The van der Waals surface area contributed by atoms with Crippen LogP contribution in [0.15, 0.2) is 33.4 Å². The quantitative estimate of drug-likeness (QED) is 0.0852. The molecule has 0 saturated carbocycles. The summed E-state index contributed by atoms with van der Waals surface area (Å²) in [5, 5.41) is 17.4. The molecule has 10 nitrogen and oxygen atoms in total. The number of oxime groups is 1. The Hall–Kier alpha value is -2.97. The minimum atomic E-state index is -3.12. The number of rotatable bonds is 15. The number of halogens is 5. The van der Waals surface area contributed by atoms with E-state index in [0.717, 1.165) is 30.7 Å². The van der Waals surface area contributed by atoms with Crippen LogP contribution in [0.3, 0.4) is 0 Å². The van der Waals surface area contributed by atoms with Crippen molar-refractivity contribution in [2.75, 3.05) is 19.0 Å². The van der Waals surface area contributed by atoms with Gasteiger partial charge in [0.05, 0.1) is 17.9 Å². The summed E-state index contributed by atoms with van der Waals surface area (Å²) < 4.78 is 45.5. The first-order chi connectivity index (χ1) is 22.7. The zero-order valence-corrected chi connectivity index (χ0v) is 30.2. The van der Waals surface area contributed by atoms with E-state index in [2.05, 4.69) is 24.1 Å². The van der Waals surface area contributed by atoms with Crippen LogP contribution in [0.5, 0.6) is 0 Å². The number of Topliss-reactive ketones (excluding diaryl/α,β-unsaturated/α-hetero) is 1. The summed E-state index contributed by atoms with van der Waals surface area (Å²) in [6.07, 6.45) is 3.44. The van der Waals surface area contributed by atoms with Crippen molar-refractivity contribution < 1.29 is 37.4 Å². The molecule has 1 aromatic heterocycles. The Balaban J connectivity index is 0.000000339. The third kappa shape index (κ3) is 11.3. The number of aryl methyl sites for hydroxylation is 1. The highest BCUT2D eigenvalue weighted by molar-refractivity contribution is 7.99. The Morgan fingerprint density at radius 3 is 2.42 bits per heavy atom. The maximum absolute atomic E-state index is 14.2. The second-order valence-electron chi connectivity index (χ2n) is 10.9. The van der Waals surface area contributed by atoms with Gasteiger partial charge in [-0.1, -0.05) is 43.9 Å². The number of aliphatic hydroxyl groups excluding tert-OH is 1. The molecular formula is C32H43Cl2F3N4O6S. The molecule has 0 saturated heterocycles. The minimum Gasteiger partial charge on any atom is -0.511 e. The number of ether oxygens (including phenoxy) is 1. The monoisotopic (exact) mass is 738 g/mol. The molecule has 3 unspecified atom stereocenters. The van der Waals surface area contributed by atoms with Crippen molar-refractivity contribution in [1.29, 1.82) is 0 Å². The van der Waals surface area contributed by atoms with Crippen LogP contribution in [0, 0.1) is 18.7 Å². The average molecular weight is 740 g/mol. The van der Waals surface area contributed by atoms with E-state index in [4.69, 9.17) is 32.8 Å². The van der Waals surface area contributed by atoms with E-state index in [1.165, 1.54) is 6.92 Å². The molecule has 3 atom stereocenters. The van der Waals surface area contributed by atoms with Gasteiger partial charge < -0.3 is 14.7 Å². The van der Waals surface area contributed by atoms with Gasteiger partial charge in [-0.3, -0.25) is 9.59 Å². The van der Waals surface area contributed by atoms with Crippen LogP contribution < -0.4 is 5.69 Å². The Bertz CT molecular complexity index is 1530. The van der Waals surface area contributed by atoms with Crippen LogP contribution >= 0.6 is 35.0 Å². The lowest BCUT2D eigenvalue weighted by atomic mass is 9.82. The molecule has 0 amide bonds. The number of aromatic nitrogens is 3. The van der Waals surface area contributed by atoms with E-state index in [9.17, 15) is 32.7 Å². The van der Waals surface area contributed by atoms with Crippen LogP contribution in [0.2, 0.25) is 5.02 Å². The standard InChI is InChI=1S/C17H29NO3S.C15H14Cl2F3N3O3/c1-5-8-14(18-21-6-2)17-15(19)10-13(11-16(17)20)9-12(4)22-7-3;1-3-26-13(24)10(17)4-8-5-12(11(18)6-9(8)16)23-15(25)22(14(19)20)7(2)21-23/h12-13,19H,5-11H2,1-4H3;5-6,10,14H,3-4H2,1-2H3/b18-14-;. The van der Waals surface area contributed by atoms with Crippen molar-refractivity contribution in [3.8, 4) is 5.69 Å². The van der Waals surface area contributed by atoms with Crippen molar-refractivity contribution in [1.82, 2.24) is 14.3 Å². The molecule has 1 N–H and O–H groups in total. The topological polar surface area (TPSA) is 125 Å². The van der Waals surface area contributed by atoms with E-state index >= 15 is 0 Å². The molecule has 2 aromatic rings. The first-order valence-corrected chi connectivity index (χ1v) is 17.6. The number of carbonyl (C=O) groups is 2. The minimum absolute atomic E-state index is 0.00866. The number of hydrogen-bond donors (Lipinski definition) is 1. The normalized spacial score (nSPS) is 16.5. The van der Waals surface area contributed by atoms with Crippen LogP contribution in [0.1, 0.15) is 84.7 Å². The third-order valence-corrected chi connectivity index (χ3v) is 8.96. The van der Waals surface area contributed by atoms with Gasteiger partial charge in [-0.05, 0) is 63.0 Å². The zero-order valence-electron chi connectivity index (χ0n) is 27.9. The van der Waals surface area contributed by atoms with Crippen molar-refractivity contribution in [2.45, 2.75) is 97.2 Å². The fourth-order valence-corrected chi connectivity index (χ4v) is 6.58. The smallest absolute Gasteiger partial charge is 0.355 e. The summed E-state index contributed by atoms with van der Waals surface area (Å²) in [6, 6.07) is 2.03. The SMILES string of the molecule is CCC/C(=N/OCC)C1=C(O)CC(CC(C)SCC)CC1=O.CCOC(=O)C(Cl)Cc1cc(-n2nc(C)n(C(F)F)c2=O)c(F)cc1Cl. The molecule has 1 heterocycles. The van der Waals surface area contributed by atoms with Gasteiger partial charge in [-0.2, -0.15) is 25.2 Å². The molecule has 1 aliphatic rings. The van der Waals surface area contributed by atoms with Gasteiger partial charge in [0.2, 0.25) is 0 Å². The molecule has 268 valence electrons. The second kappa shape index (κ2) is 19.9. The molecule has 0 radical (unpaired) electrons. The van der Waals surface area contributed by atoms with E-state index in [1.807, 2.05) is 25.6 Å². The Labute approximate surface area is 292 Å². The molecule has 0 aliphatic heterocycles. The number of aliphatic hydroxyl groups is 1. The molecule has 48 heavy (non-hydrogen) atoms. The van der Waals surface area contributed by atoms with E-state index < -0.39 is 29.4 Å². The van der Waals surface area contributed by atoms with Gasteiger partial charge in [-0.15, -0.1) is 16.7 Å². The van der Waals surface area contributed by atoms with E-state index in [1.54, 1.807) is 6.92 Å². The first-order valence-electron chi connectivity index (χ1n) is 15.7. The number of nitrogens with zero attached hydrogens (tertiary/aromatic N) is 4. The molecule has 1 aliphatic carbocycles. The average Bonchev–Trinajstić information content (AvgIpc) is 3.30. The summed E-state index contributed by atoms with van der Waals surface area (Å²) >= 11 is 13.8. The van der Waals surface area contributed by atoms with E-state index in [0.29, 0.717) is 47.1 Å². The summed E-state index contributed by atoms with van der Waals surface area (Å²) in [5.41, 5.74) is -0.363. The van der Waals surface area contributed by atoms with Crippen LogP contribution in [-0.2, 0) is 25.6 Å². The number of thioether (sulfide) groups is 1. The predicted molar refractivity (Wildman–Crippen MR) is 182 cm³/mol. The Morgan fingerprint density at radius 1 is 1.19 bits per heavy atom. The molecular weight excluding hydrogens is 696 g/mol. The van der Waals surface area contributed by atoms with E-state index in [-0.39, 0.29) is 57.2 Å². The molecule has 0 spiro atoms. The number of alkyl halides is 3. The molecule has 3 rings (SSSR count). The van der Waals surface area contributed by atoms with Gasteiger partial charge in [0.25, 0.3) is 0 Å². The number of allylic oxidation sites excluding steroid dienone is 2. The van der Waals surface area contributed by atoms with Gasteiger partial charge in [0.15, 0.2) is 11.6 Å². The van der Waals surface area contributed by atoms with Crippen LogP contribution in [-0.4, -0.2) is 66.5 Å². The van der Waals surface area contributed by atoms with Gasteiger partial charge in [0.1, 0.15) is 29.3 Å². The number of esters is 1. The molecule has 1 aromatic carbocycles. The zero-order chi connectivity index (χ0) is 36.1. The predicted octanol–water partition coefficient (Wildman–Crippen LogP) is 7.74. The third-order valence-electron chi connectivity index (χ3n) is 7.18. The maximum Gasteiger partial charge on any atom is 0.355 e. The summed E-state index contributed by atoms with van der Waals surface area (Å²) in [4.78, 5) is 41.3. The largest absolute Gasteiger partial charge is 0.511 e. The second-order valence-corrected chi connectivity index (χ2v) is 13.6. The first kappa shape index (κ1) is 41.2. The number of ketones is 1. The maximum atomic E-state index is 14.2. The highest BCUT2D eigenvalue weighted by Gasteiger charge is 2.31. The van der Waals surface area contributed by atoms with Gasteiger partial charge >= 0.3 is 18.2 Å². The summed E-state index contributed by atoms with van der Waals surface area (Å²) in [5.74, 6) is -0.399. The van der Waals surface area contributed by atoms with Gasteiger partial charge in [0, 0.05) is 29.5 Å². The highest BCUT2D eigenvalue weighted by atomic mass is 35.5. The number of benzene rings is 1. The van der Waals surface area contributed by atoms with Crippen molar-refractivity contribution >= 4 is 52.4 Å². The summed E-state index contributed by atoms with van der Waals surface area (Å²) in [6.45, 7) is 8.48. The molecule has 0 bridgehead atoms. The van der Waals surface area contributed by atoms with Crippen molar-refractivity contribution in [3.05, 3.63) is 56.2 Å². The van der Waals surface area contributed by atoms with Gasteiger partial charge in [-0.25, -0.2) is 13.8 Å². The summed E-state index contributed by atoms with van der Waals surface area (Å²) in [7, 11) is 0. The lowest BCUT2D eigenvalue weighted by molar-refractivity contribution is -0.142. The highest BCUT2D eigenvalue weighted by Crippen LogP contribution is 2.33. The lowest BCUT2D eigenvalue weighted by Crippen LogP contribution is -2.26. The lowest BCUT2D eigenvalue weighted by Gasteiger charge is -2.25. The Kier molecular flexibility index (Phi) is 17.1. The van der Waals surface area contributed by atoms with Crippen LogP contribution in [0.4, 0.5) is 13.2 Å².